The van der Waals surface area contributed by atoms with E-state index in [-0.39, 0.29) is 11.2 Å². The molecule has 0 aliphatic rings. The lowest BCUT2D eigenvalue weighted by Crippen LogP contribution is -2.28. The first-order valence-electron chi connectivity index (χ1n) is 5.58. The van der Waals surface area contributed by atoms with Crippen molar-refractivity contribution < 1.29 is 9.00 Å². The summed E-state index contributed by atoms with van der Waals surface area (Å²) in [6.45, 7) is 2.33. The molecule has 0 aromatic heterocycles. The highest BCUT2D eigenvalue weighted by molar-refractivity contribution is 7.84. The number of benzene rings is 1. The van der Waals surface area contributed by atoms with E-state index in [1.54, 1.807) is 24.5 Å². The molecule has 0 saturated carbocycles. The molecule has 0 saturated heterocycles. The molecule has 0 radical (unpaired) electrons. The highest BCUT2D eigenvalue weighted by Crippen LogP contribution is 2.21. The zero-order valence-corrected chi connectivity index (χ0v) is 12.0. The minimum Gasteiger partial charge on any atom is -0.398 e. The van der Waals surface area contributed by atoms with Crippen molar-refractivity contribution in [2.45, 2.75) is 18.6 Å². The summed E-state index contributed by atoms with van der Waals surface area (Å²) in [4.78, 5) is 11.9. The number of nitrogens with two attached hydrogens (primary N) is 1. The number of nitrogens with one attached hydrogen (secondary N) is 1. The Hall–Kier alpha value is -1.07. The molecule has 1 rings (SSSR count). The molecule has 0 fully saturated rings. The molecule has 0 heterocycles. The number of hydrogen-bond donors (Lipinski definition) is 2. The van der Waals surface area contributed by atoms with Crippen LogP contribution in [0.1, 0.15) is 23.7 Å². The molecule has 4 nitrogen and oxygen atoms in total. The number of rotatable bonds is 5. The molecule has 18 heavy (non-hydrogen) atoms. The lowest BCUT2D eigenvalue weighted by molar-refractivity contribution is 0.0954. The fourth-order valence-electron chi connectivity index (χ4n) is 1.42. The van der Waals surface area contributed by atoms with Crippen LogP contribution in [0.25, 0.3) is 0 Å². The van der Waals surface area contributed by atoms with Gasteiger partial charge in [-0.3, -0.25) is 9.00 Å². The topological polar surface area (TPSA) is 72.2 Å². The van der Waals surface area contributed by atoms with Gasteiger partial charge in [-0.25, -0.2) is 0 Å². The Balaban J connectivity index is 2.59. The van der Waals surface area contributed by atoms with Gasteiger partial charge in [0.25, 0.3) is 5.91 Å². The molecule has 100 valence electrons. The Labute approximate surface area is 114 Å². The van der Waals surface area contributed by atoms with Gasteiger partial charge in [0.15, 0.2) is 0 Å². The normalized spacial score (nSPS) is 13.9. The minimum absolute atomic E-state index is 0.0499. The lowest BCUT2D eigenvalue weighted by Gasteiger charge is -2.11. The van der Waals surface area contributed by atoms with Crippen molar-refractivity contribution in [2.24, 2.45) is 0 Å². The maximum Gasteiger partial charge on any atom is 0.254 e. The van der Waals surface area contributed by atoms with Crippen molar-refractivity contribution in [3.05, 3.63) is 28.8 Å². The van der Waals surface area contributed by atoms with Gasteiger partial charge in [0.2, 0.25) is 0 Å². The van der Waals surface area contributed by atoms with E-state index in [9.17, 15) is 9.00 Å². The van der Waals surface area contributed by atoms with Crippen LogP contribution in [0.4, 0.5) is 5.69 Å². The first kappa shape index (κ1) is 15.0. The predicted molar refractivity (Wildman–Crippen MR) is 76.3 cm³/mol. The summed E-state index contributed by atoms with van der Waals surface area (Å²) in [5.74, 6) is -0.299. The van der Waals surface area contributed by atoms with E-state index in [2.05, 4.69) is 5.32 Å². The van der Waals surface area contributed by atoms with E-state index in [4.69, 9.17) is 17.3 Å². The van der Waals surface area contributed by atoms with Gasteiger partial charge < -0.3 is 11.1 Å². The van der Waals surface area contributed by atoms with Crippen molar-refractivity contribution >= 4 is 34.0 Å². The second-order valence-corrected chi connectivity index (χ2v) is 6.27. The Kier molecular flexibility index (Phi) is 5.62. The molecular weight excluding hydrogens is 272 g/mol. The standard InChI is InChI=1S/C12H17ClN2O2S/c1-8(18(2)17)6-7-15-12(16)11-9(13)4-3-5-10(11)14/h3-5,8H,6-7,14H2,1-2H3,(H,15,16). The second kappa shape index (κ2) is 6.75. The molecule has 0 aliphatic heterocycles. The first-order valence-corrected chi connectivity index (χ1v) is 7.57. The van der Waals surface area contributed by atoms with Crippen molar-refractivity contribution in [1.82, 2.24) is 5.32 Å². The quantitative estimate of drug-likeness (QED) is 0.812. The van der Waals surface area contributed by atoms with Crippen LogP contribution in [0.15, 0.2) is 18.2 Å². The number of halogens is 1. The van der Waals surface area contributed by atoms with Gasteiger partial charge in [-0.15, -0.1) is 0 Å². The summed E-state index contributed by atoms with van der Waals surface area (Å²) >= 11 is 5.93. The summed E-state index contributed by atoms with van der Waals surface area (Å²) in [6.07, 6.45) is 2.30. The molecule has 0 aliphatic carbocycles. The molecule has 6 heteroatoms. The maximum atomic E-state index is 11.9. The van der Waals surface area contributed by atoms with E-state index in [1.807, 2.05) is 6.92 Å². The second-order valence-electron chi connectivity index (χ2n) is 4.06. The summed E-state index contributed by atoms with van der Waals surface area (Å²) in [5.41, 5.74) is 6.36. The number of carbonyl (C=O) groups is 1. The van der Waals surface area contributed by atoms with Crippen molar-refractivity contribution in [3.8, 4) is 0 Å². The number of amides is 1. The van der Waals surface area contributed by atoms with E-state index in [0.29, 0.717) is 29.2 Å². The fourth-order valence-corrected chi connectivity index (χ4v) is 2.14. The van der Waals surface area contributed by atoms with Crippen LogP contribution in [0.2, 0.25) is 5.02 Å². The monoisotopic (exact) mass is 288 g/mol. The van der Waals surface area contributed by atoms with Crippen molar-refractivity contribution in [3.63, 3.8) is 0 Å². The van der Waals surface area contributed by atoms with Gasteiger partial charge >= 0.3 is 0 Å². The average Bonchev–Trinajstić information content (AvgIpc) is 2.28. The molecule has 2 atom stereocenters. The summed E-state index contributed by atoms with van der Waals surface area (Å²) in [5, 5.41) is 3.11. The summed E-state index contributed by atoms with van der Waals surface area (Å²) in [7, 11) is -0.880. The van der Waals surface area contributed by atoms with Crippen LogP contribution < -0.4 is 11.1 Å². The van der Waals surface area contributed by atoms with Crippen LogP contribution in [0, 0.1) is 0 Å². The Bertz CT molecular complexity index is 445. The van der Waals surface area contributed by atoms with Crippen molar-refractivity contribution in [2.75, 3.05) is 18.5 Å². The largest absolute Gasteiger partial charge is 0.398 e. The third-order valence-corrected chi connectivity index (χ3v) is 4.36. The molecule has 1 amide bonds. The summed E-state index contributed by atoms with van der Waals surface area (Å²) < 4.78 is 11.2. The molecule has 1 aromatic rings. The molecule has 1 aromatic carbocycles. The van der Waals surface area contributed by atoms with Crippen LogP contribution in [0.3, 0.4) is 0 Å². The highest BCUT2D eigenvalue weighted by atomic mass is 35.5. The van der Waals surface area contributed by atoms with Crippen molar-refractivity contribution in [1.29, 1.82) is 0 Å². The predicted octanol–water partition coefficient (Wildman–Crippen LogP) is 1.81. The number of nitrogen functional groups attached to an aromatic ring is 1. The molecule has 0 bridgehead atoms. The van der Waals surface area contributed by atoms with Crippen LogP contribution >= 0.6 is 11.6 Å². The zero-order valence-electron chi connectivity index (χ0n) is 10.4. The minimum atomic E-state index is -0.880. The van der Waals surface area contributed by atoms with Gasteiger partial charge in [-0.1, -0.05) is 24.6 Å². The average molecular weight is 289 g/mol. The highest BCUT2D eigenvalue weighted by Gasteiger charge is 2.14. The van der Waals surface area contributed by atoms with Crippen LogP contribution in [-0.2, 0) is 10.8 Å². The van der Waals surface area contributed by atoms with Crippen LogP contribution in [0.5, 0.6) is 0 Å². The Morgan fingerprint density at radius 3 is 2.78 bits per heavy atom. The van der Waals surface area contributed by atoms with Gasteiger partial charge in [0, 0.05) is 34.5 Å². The van der Waals surface area contributed by atoms with E-state index in [1.165, 1.54) is 0 Å². The Morgan fingerprint density at radius 2 is 2.22 bits per heavy atom. The third kappa shape index (κ3) is 3.99. The number of anilines is 1. The van der Waals surface area contributed by atoms with Gasteiger partial charge in [-0.2, -0.15) is 0 Å². The summed E-state index contributed by atoms with van der Waals surface area (Å²) in [6, 6.07) is 4.94. The first-order chi connectivity index (χ1) is 8.43. The molecule has 3 N–H and O–H groups in total. The smallest absolute Gasteiger partial charge is 0.254 e. The SMILES string of the molecule is CC(CCNC(=O)c1c(N)cccc1Cl)S(C)=O. The maximum absolute atomic E-state index is 11.9. The van der Waals surface area contributed by atoms with E-state index >= 15 is 0 Å². The number of hydrogen-bond acceptors (Lipinski definition) is 3. The lowest BCUT2D eigenvalue weighted by atomic mass is 10.1. The molecule has 2 unspecified atom stereocenters. The molecule has 0 spiro atoms. The van der Waals surface area contributed by atoms with Crippen LogP contribution in [-0.4, -0.2) is 28.2 Å². The van der Waals surface area contributed by atoms with E-state index in [0.717, 1.165) is 0 Å². The fraction of sp³-hybridized carbons (Fsp3) is 0.417. The van der Waals surface area contributed by atoms with Gasteiger partial charge in [0.05, 0.1) is 10.6 Å². The number of carbonyl (C=O) groups excluding carboxylic acids is 1. The zero-order chi connectivity index (χ0) is 13.7. The van der Waals surface area contributed by atoms with E-state index < -0.39 is 10.8 Å². The molecular formula is C12H17ClN2O2S. The van der Waals surface area contributed by atoms with Gasteiger partial charge in [-0.05, 0) is 18.6 Å². The Morgan fingerprint density at radius 1 is 1.56 bits per heavy atom. The van der Waals surface area contributed by atoms with Gasteiger partial charge in [0.1, 0.15) is 0 Å². The third-order valence-electron chi connectivity index (χ3n) is 2.68.